The molecule has 0 bridgehead atoms. The minimum atomic E-state index is -0.332. The lowest BCUT2D eigenvalue weighted by atomic mass is 10.1. The number of hydrogen-bond acceptors (Lipinski definition) is 4. The summed E-state index contributed by atoms with van der Waals surface area (Å²) < 4.78 is 5.08. The molecule has 3 N–H and O–H groups in total. The van der Waals surface area contributed by atoms with Gasteiger partial charge in [-0.2, -0.15) is 0 Å². The fourth-order valence-corrected chi connectivity index (χ4v) is 1.83. The molecule has 116 valence electrons. The van der Waals surface area contributed by atoms with E-state index in [4.69, 9.17) is 10.5 Å². The van der Waals surface area contributed by atoms with Gasteiger partial charge in [0.15, 0.2) is 0 Å². The Kier molecular flexibility index (Phi) is 5.18. The maximum atomic E-state index is 12.3. The fraction of sp³-hybridized carbons (Fsp3) is 0.467. The Morgan fingerprint density at radius 2 is 1.90 bits per heavy atom. The van der Waals surface area contributed by atoms with Crippen LogP contribution in [0.15, 0.2) is 18.2 Å². The molecule has 2 amide bonds. The van der Waals surface area contributed by atoms with Gasteiger partial charge in [0.05, 0.1) is 13.7 Å². The van der Waals surface area contributed by atoms with Gasteiger partial charge in [-0.1, -0.05) is 0 Å². The number of nitrogens with zero attached hydrogens (tertiary/aromatic N) is 1. The molecule has 0 aliphatic carbocycles. The second-order valence-electron chi connectivity index (χ2n) is 5.95. The van der Waals surface area contributed by atoms with E-state index in [0.29, 0.717) is 17.0 Å². The van der Waals surface area contributed by atoms with Crippen LogP contribution in [0.25, 0.3) is 0 Å². The molecular formula is C15H23N3O3. The Balaban J connectivity index is 2.79. The van der Waals surface area contributed by atoms with Gasteiger partial charge in [-0.05, 0) is 32.9 Å². The first kappa shape index (κ1) is 16.8. The zero-order chi connectivity index (χ0) is 16.2. The predicted molar refractivity (Wildman–Crippen MR) is 82.3 cm³/mol. The minimum Gasteiger partial charge on any atom is -0.497 e. The Morgan fingerprint density at radius 1 is 1.29 bits per heavy atom. The summed E-state index contributed by atoms with van der Waals surface area (Å²) in [6.07, 6.45) is 0. The third-order valence-electron chi connectivity index (χ3n) is 2.65. The number of likely N-dealkylation sites (N-methyl/N-ethyl adjacent to an activating group) is 1. The van der Waals surface area contributed by atoms with Crippen molar-refractivity contribution in [3.63, 3.8) is 0 Å². The van der Waals surface area contributed by atoms with E-state index in [-0.39, 0.29) is 23.9 Å². The Bertz CT molecular complexity index is 535. The molecule has 0 aliphatic rings. The van der Waals surface area contributed by atoms with Gasteiger partial charge in [0.2, 0.25) is 5.91 Å². The molecule has 0 aromatic heterocycles. The lowest BCUT2D eigenvalue weighted by molar-refractivity contribution is -0.122. The second-order valence-corrected chi connectivity index (χ2v) is 5.95. The van der Waals surface area contributed by atoms with E-state index in [2.05, 4.69) is 5.32 Å². The number of anilines is 1. The number of rotatable bonds is 4. The van der Waals surface area contributed by atoms with Crippen LogP contribution in [0.5, 0.6) is 5.75 Å². The van der Waals surface area contributed by atoms with E-state index in [1.807, 2.05) is 20.8 Å². The molecule has 0 saturated carbocycles. The van der Waals surface area contributed by atoms with Crippen LogP contribution in [-0.2, 0) is 4.79 Å². The van der Waals surface area contributed by atoms with E-state index in [1.54, 1.807) is 25.2 Å². The largest absolute Gasteiger partial charge is 0.497 e. The van der Waals surface area contributed by atoms with Crippen LogP contribution in [0.2, 0.25) is 0 Å². The van der Waals surface area contributed by atoms with Crippen molar-refractivity contribution in [2.45, 2.75) is 26.3 Å². The van der Waals surface area contributed by atoms with Crippen LogP contribution in [-0.4, -0.2) is 43.0 Å². The van der Waals surface area contributed by atoms with Crippen LogP contribution < -0.4 is 15.8 Å². The molecule has 1 aromatic rings. The number of nitrogens with two attached hydrogens (primary N) is 1. The first-order chi connectivity index (χ1) is 9.62. The van der Waals surface area contributed by atoms with Crippen LogP contribution in [0.1, 0.15) is 31.1 Å². The normalized spacial score (nSPS) is 10.9. The lowest BCUT2D eigenvalue weighted by Crippen LogP contribution is -2.46. The predicted octanol–water partition coefficient (Wildman–Crippen LogP) is 1.26. The summed E-state index contributed by atoms with van der Waals surface area (Å²) in [6, 6.07) is 4.78. The summed E-state index contributed by atoms with van der Waals surface area (Å²) >= 11 is 0. The Hall–Kier alpha value is -2.24. The lowest BCUT2D eigenvalue weighted by Gasteiger charge is -2.23. The molecule has 0 unspecified atom stereocenters. The number of methoxy groups -OCH3 is 1. The molecule has 21 heavy (non-hydrogen) atoms. The molecule has 6 nitrogen and oxygen atoms in total. The summed E-state index contributed by atoms with van der Waals surface area (Å²) in [5.74, 6) is 0.00442. The maximum Gasteiger partial charge on any atom is 0.254 e. The average molecular weight is 293 g/mol. The van der Waals surface area contributed by atoms with E-state index in [9.17, 15) is 9.59 Å². The highest BCUT2D eigenvalue weighted by molar-refractivity contribution is 5.97. The molecule has 1 aromatic carbocycles. The van der Waals surface area contributed by atoms with E-state index in [0.717, 1.165) is 0 Å². The SMILES string of the molecule is COc1cc(N)cc(C(=O)N(C)CC(=O)NC(C)(C)C)c1. The average Bonchev–Trinajstić information content (AvgIpc) is 2.34. The number of nitrogens with one attached hydrogen (secondary N) is 1. The number of ether oxygens (including phenoxy) is 1. The molecule has 0 atom stereocenters. The molecule has 1 rings (SSSR count). The van der Waals surface area contributed by atoms with Crippen LogP contribution in [0, 0.1) is 0 Å². The first-order valence-electron chi connectivity index (χ1n) is 6.63. The van der Waals surface area contributed by atoms with Gasteiger partial charge in [0.1, 0.15) is 5.75 Å². The van der Waals surface area contributed by atoms with Crippen molar-refractivity contribution in [1.82, 2.24) is 10.2 Å². The smallest absolute Gasteiger partial charge is 0.254 e. The van der Waals surface area contributed by atoms with Gasteiger partial charge in [-0.15, -0.1) is 0 Å². The van der Waals surface area contributed by atoms with Crippen molar-refractivity contribution < 1.29 is 14.3 Å². The first-order valence-corrected chi connectivity index (χ1v) is 6.63. The van der Waals surface area contributed by atoms with Crippen LogP contribution >= 0.6 is 0 Å². The van der Waals surface area contributed by atoms with Crippen molar-refractivity contribution >= 4 is 17.5 Å². The number of amides is 2. The van der Waals surface area contributed by atoms with Gasteiger partial charge in [-0.3, -0.25) is 9.59 Å². The highest BCUT2D eigenvalue weighted by Crippen LogP contribution is 2.19. The zero-order valence-corrected chi connectivity index (χ0v) is 13.2. The van der Waals surface area contributed by atoms with Gasteiger partial charge < -0.3 is 20.7 Å². The van der Waals surface area contributed by atoms with E-state index >= 15 is 0 Å². The number of carbonyl (C=O) groups is 2. The monoisotopic (exact) mass is 293 g/mol. The van der Waals surface area contributed by atoms with Crippen molar-refractivity contribution in [2.75, 3.05) is 26.4 Å². The molecule has 0 saturated heterocycles. The third kappa shape index (κ3) is 5.33. The molecule has 0 spiro atoms. The summed E-state index contributed by atoms with van der Waals surface area (Å²) in [6.45, 7) is 5.63. The zero-order valence-electron chi connectivity index (χ0n) is 13.2. The summed E-state index contributed by atoms with van der Waals surface area (Å²) in [4.78, 5) is 25.5. The molecule has 0 fully saturated rings. The summed E-state index contributed by atoms with van der Waals surface area (Å²) in [5, 5.41) is 2.81. The van der Waals surface area contributed by atoms with E-state index in [1.165, 1.54) is 12.0 Å². The van der Waals surface area contributed by atoms with Crippen molar-refractivity contribution in [1.29, 1.82) is 0 Å². The van der Waals surface area contributed by atoms with Crippen molar-refractivity contribution in [3.8, 4) is 5.75 Å². The highest BCUT2D eigenvalue weighted by Gasteiger charge is 2.19. The molecule has 0 heterocycles. The van der Waals surface area contributed by atoms with Crippen molar-refractivity contribution in [3.05, 3.63) is 23.8 Å². The molecular weight excluding hydrogens is 270 g/mol. The van der Waals surface area contributed by atoms with E-state index < -0.39 is 0 Å². The molecule has 0 radical (unpaired) electrons. The number of carbonyl (C=O) groups excluding carboxylic acids is 2. The minimum absolute atomic E-state index is 0.0206. The summed E-state index contributed by atoms with van der Waals surface area (Å²) in [5.41, 5.74) is 6.22. The van der Waals surface area contributed by atoms with Crippen molar-refractivity contribution in [2.24, 2.45) is 0 Å². The number of hydrogen-bond donors (Lipinski definition) is 2. The topological polar surface area (TPSA) is 84.7 Å². The highest BCUT2D eigenvalue weighted by atomic mass is 16.5. The summed E-state index contributed by atoms with van der Waals surface area (Å²) in [7, 11) is 3.07. The van der Waals surface area contributed by atoms with Gasteiger partial charge in [-0.25, -0.2) is 0 Å². The van der Waals surface area contributed by atoms with Crippen LogP contribution in [0.3, 0.4) is 0 Å². The third-order valence-corrected chi connectivity index (χ3v) is 2.65. The second kappa shape index (κ2) is 6.47. The number of benzene rings is 1. The van der Waals surface area contributed by atoms with Gasteiger partial charge in [0.25, 0.3) is 5.91 Å². The Labute approximate surface area is 125 Å². The molecule has 0 aliphatic heterocycles. The van der Waals surface area contributed by atoms with Crippen LogP contribution in [0.4, 0.5) is 5.69 Å². The van der Waals surface area contributed by atoms with Gasteiger partial charge in [0, 0.05) is 29.9 Å². The Morgan fingerprint density at radius 3 is 2.43 bits per heavy atom. The fourth-order valence-electron chi connectivity index (χ4n) is 1.83. The standard InChI is InChI=1S/C15H23N3O3/c1-15(2,3)17-13(19)9-18(4)14(20)10-6-11(16)8-12(7-10)21-5/h6-8H,9,16H2,1-5H3,(H,17,19). The van der Waals surface area contributed by atoms with Gasteiger partial charge >= 0.3 is 0 Å². The quantitative estimate of drug-likeness (QED) is 0.819. The molecule has 6 heteroatoms. The maximum absolute atomic E-state index is 12.3. The number of nitrogen functional groups attached to an aromatic ring is 1.